The molecule has 2 nitrogen and oxygen atoms in total. The van der Waals surface area contributed by atoms with E-state index in [0.717, 1.165) is 5.33 Å². The molecule has 1 aliphatic heterocycles. The lowest BCUT2D eigenvalue weighted by atomic mass is 9.80. The fourth-order valence-electron chi connectivity index (χ4n) is 3.64. The molecule has 0 aromatic rings. The van der Waals surface area contributed by atoms with Crippen molar-refractivity contribution in [1.29, 1.82) is 0 Å². The van der Waals surface area contributed by atoms with Gasteiger partial charge in [0.2, 0.25) is 0 Å². The summed E-state index contributed by atoms with van der Waals surface area (Å²) < 4.78 is 0. The minimum atomic E-state index is 0.485. The van der Waals surface area contributed by atoms with Gasteiger partial charge in [0.05, 0.1) is 0 Å². The van der Waals surface area contributed by atoms with Gasteiger partial charge in [0.15, 0.2) is 0 Å². The van der Waals surface area contributed by atoms with E-state index in [1.807, 2.05) is 0 Å². The zero-order valence-electron chi connectivity index (χ0n) is 13.6. The molecular weight excluding hydrogens is 300 g/mol. The van der Waals surface area contributed by atoms with E-state index in [2.05, 4.69) is 60.5 Å². The van der Waals surface area contributed by atoms with E-state index in [-0.39, 0.29) is 0 Å². The van der Waals surface area contributed by atoms with Crippen molar-refractivity contribution >= 4 is 15.9 Å². The van der Waals surface area contributed by atoms with E-state index >= 15 is 0 Å². The minimum absolute atomic E-state index is 0.485. The zero-order chi connectivity index (χ0) is 14.5. The summed E-state index contributed by atoms with van der Waals surface area (Å²) >= 11 is 3.81. The Morgan fingerprint density at radius 2 is 1.53 bits per heavy atom. The third-order valence-electron chi connectivity index (χ3n) is 4.84. The summed E-state index contributed by atoms with van der Waals surface area (Å²) in [5.41, 5.74) is 0.485. The lowest BCUT2D eigenvalue weighted by molar-refractivity contribution is 0.0317. The van der Waals surface area contributed by atoms with Crippen molar-refractivity contribution in [1.82, 2.24) is 9.80 Å². The summed E-state index contributed by atoms with van der Waals surface area (Å²) in [6.45, 7) is 13.1. The summed E-state index contributed by atoms with van der Waals surface area (Å²) in [6, 6.07) is 1.36. The Morgan fingerprint density at radius 1 is 1.05 bits per heavy atom. The molecule has 0 spiro atoms. The molecule has 0 bridgehead atoms. The number of rotatable bonds is 7. The summed E-state index contributed by atoms with van der Waals surface area (Å²) in [6.07, 6.45) is 5.29. The second-order valence-electron chi connectivity index (χ2n) is 6.69. The lowest BCUT2D eigenvalue weighted by Crippen LogP contribution is -2.57. The standard InChI is InChI=1S/C16H33BrN2/c1-6-8-16(12-17,9-7-2)13-19-10-14(3)18(5)15(4)11-19/h14-15H,6-13H2,1-5H3. The molecule has 0 aliphatic carbocycles. The molecule has 0 aromatic heterocycles. The minimum Gasteiger partial charge on any atom is -0.300 e. The van der Waals surface area contributed by atoms with Crippen LogP contribution in [-0.2, 0) is 0 Å². The van der Waals surface area contributed by atoms with Crippen LogP contribution in [0.2, 0.25) is 0 Å². The molecule has 0 N–H and O–H groups in total. The first-order valence-electron chi connectivity index (χ1n) is 7.98. The highest BCUT2D eigenvalue weighted by molar-refractivity contribution is 9.09. The van der Waals surface area contributed by atoms with Gasteiger partial charge in [-0.05, 0) is 39.2 Å². The SMILES string of the molecule is CCCC(CBr)(CCC)CN1CC(C)N(C)C(C)C1. The maximum Gasteiger partial charge on any atom is 0.0195 e. The Labute approximate surface area is 129 Å². The normalized spacial score (nSPS) is 26.8. The molecule has 2 atom stereocenters. The van der Waals surface area contributed by atoms with Crippen molar-refractivity contribution in [2.45, 2.75) is 65.5 Å². The van der Waals surface area contributed by atoms with E-state index in [4.69, 9.17) is 0 Å². The molecule has 0 amide bonds. The van der Waals surface area contributed by atoms with Crippen molar-refractivity contribution < 1.29 is 0 Å². The van der Waals surface area contributed by atoms with Crippen LogP contribution in [0.5, 0.6) is 0 Å². The first-order chi connectivity index (χ1) is 8.98. The van der Waals surface area contributed by atoms with Gasteiger partial charge in [0, 0.05) is 37.0 Å². The molecule has 1 saturated heterocycles. The number of alkyl halides is 1. The molecule has 1 heterocycles. The average molecular weight is 333 g/mol. The molecular formula is C16H33BrN2. The number of piperazine rings is 1. The molecule has 3 heteroatoms. The summed E-state index contributed by atoms with van der Waals surface area (Å²) in [5, 5.41) is 1.15. The number of hydrogen-bond acceptors (Lipinski definition) is 2. The fourth-order valence-corrected chi connectivity index (χ4v) is 4.38. The highest BCUT2D eigenvalue weighted by Gasteiger charge is 2.33. The molecule has 2 unspecified atom stereocenters. The van der Waals surface area contributed by atoms with Crippen LogP contribution in [0.15, 0.2) is 0 Å². The Balaban J connectivity index is 2.68. The van der Waals surface area contributed by atoms with E-state index in [1.165, 1.54) is 45.3 Å². The maximum absolute atomic E-state index is 3.81. The largest absolute Gasteiger partial charge is 0.300 e. The number of likely N-dealkylation sites (N-methyl/N-ethyl adjacent to an activating group) is 1. The smallest absolute Gasteiger partial charge is 0.0195 e. The molecule has 0 aromatic carbocycles. The molecule has 1 rings (SSSR count). The van der Waals surface area contributed by atoms with E-state index in [1.54, 1.807) is 0 Å². The van der Waals surface area contributed by atoms with Crippen LogP contribution in [0.1, 0.15) is 53.4 Å². The molecule has 1 fully saturated rings. The average Bonchev–Trinajstić information content (AvgIpc) is 2.36. The Morgan fingerprint density at radius 3 is 1.89 bits per heavy atom. The zero-order valence-corrected chi connectivity index (χ0v) is 15.2. The predicted octanol–water partition coefficient (Wildman–Crippen LogP) is 3.99. The van der Waals surface area contributed by atoms with Gasteiger partial charge >= 0.3 is 0 Å². The maximum atomic E-state index is 3.81. The van der Waals surface area contributed by atoms with Gasteiger partial charge in [0.25, 0.3) is 0 Å². The number of halogens is 1. The first-order valence-corrected chi connectivity index (χ1v) is 9.10. The molecule has 19 heavy (non-hydrogen) atoms. The van der Waals surface area contributed by atoms with Gasteiger partial charge in [-0.15, -0.1) is 0 Å². The predicted molar refractivity (Wildman–Crippen MR) is 89.2 cm³/mol. The van der Waals surface area contributed by atoms with Crippen LogP contribution in [0.25, 0.3) is 0 Å². The van der Waals surface area contributed by atoms with Crippen LogP contribution in [0.4, 0.5) is 0 Å². The fraction of sp³-hybridized carbons (Fsp3) is 1.00. The van der Waals surface area contributed by atoms with Crippen molar-refractivity contribution in [3.05, 3.63) is 0 Å². The lowest BCUT2D eigenvalue weighted by Gasteiger charge is -2.46. The van der Waals surface area contributed by atoms with Crippen LogP contribution in [0, 0.1) is 5.41 Å². The van der Waals surface area contributed by atoms with Crippen molar-refractivity contribution in [3.63, 3.8) is 0 Å². The van der Waals surface area contributed by atoms with Gasteiger partial charge in [-0.25, -0.2) is 0 Å². The number of nitrogens with zero attached hydrogens (tertiary/aromatic N) is 2. The van der Waals surface area contributed by atoms with Crippen molar-refractivity contribution in [3.8, 4) is 0 Å². The number of hydrogen-bond donors (Lipinski definition) is 0. The quantitative estimate of drug-likeness (QED) is 0.650. The van der Waals surface area contributed by atoms with E-state index in [9.17, 15) is 0 Å². The molecule has 0 radical (unpaired) electrons. The molecule has 114 valence electrons. The molecule has 1 aliphatic rings. The Bertz CT molecular complexity index is 239. The monoisotopic (exact) mass is 332 g/mol. The highest BCUT2D eigenvalue weighted by Crippen LogP contribution is 2.34. The van der Waals surface area contributed by atoms with Gasteiger partial charge in [0.1, 0.15) is 0 Å². The van der Waals surface area contributed by atoms with Gasteiger partial charge in [-0.3, -0.25) is 9.80 Å². The van der Waals surface area contributed by atoms with E-state index < -0.39 is 0 Å². The topological polar surface area (TPSA) is 6.48 Å². The van der Waals surface area contributed by atoms with Crippen LogP contribution in [0.3, 0.4) is 0 Å². The second-order valence-corrected chi connectivity index (χ2v) is 7.25. The van der Waals surface area contributed by atoms with Crippen molar-refractivity contribution in [2.75, 3.05) is 32.0 Å². The summed E-state index contributed by atoms with van der Waals surface area (Å²) in [7, 11) is 2.27. The third-order valence-corrected chi connectivity index (χ3v) is 6.03. The van der Waals surface area contributed by atoms with Crippen LogP contribution in [-0.4, -0.2) is 53.9 Å². The first kappa shape index (κ1) is 17.5. The highest BCUT2D eigenvalue weighted by atomic mass is 79.9. The van der Waals surface area contributed by atoms with Gasteiger partial charge < -0.3 is 0 Å². The van der Waals surface area contributed by atoms with Gasteiger partial charge in [-0.2, -0.15) is 0 Å². The molecule has 0 saturated carbocycles. The van der Waals surface area contributed by atoms with Crippen molar-refractivity contribution in [2.24, 2.45) is 5.41 Å². The third kappa shape index (κ3) is 4.71. The summed E-state index contributed by atoms with van der Waals surface area (Å²) in [5.74, 6) is 0. The Hall–Kier alpha value is 0.400. The van der Waals surface area contributed by atoms with Crippen LogP contribution >= 0.6 is 15.9 Å². The summed E-state index contributed by atoms with van der Waals surface area (Å²) in [4.78, 5) is 5.23. The van der Waals surface area contributed by atoms with Gasteiger partial charge in [-0.1, -0.05) is 42.6 Å². The van der Waals surface area contributed by atoms with E-state index in [0.29, 0.717) is 17.5 Å². The Kier molecular flexibility index (Phi) is 7.34. The van der Waals surface area contributed by atoms with Crippen LogP contribution < -0.4 is 0 Å². The second kappa shape index (κ2) is 7.99.